The average molecular weight is 268 g/mol. The van der Waals surface area contributed by atoms with Crippen LogP contribution < -0.4 is 0 Å². The first-order chi connectivity index (χ1) is 8.66. The first-order valence-electron chi connectivity index (χ1n) is 5.92. The predicted molar refractivity (Wildman–Crippen MR) is 69.4 cm³/mol. The van der Waals surface area contributed by atoms with Gasteiger partial charge in [0, 0.05) is 13.2 Å². The summed E-state index contributed by atoms with van der Waals surface area (Å²) in [6.45, 7) is 0.545. The Balaban J connectivity index is 2.13. The molecule has 1 aliphatic heterocycles. The molecule has 18 heavy (non-hydrogen) atoms. The van der Waals surface area contributed by atoms with Gasteiger partial charge in [-0.3, -0.25) is 4.31 Å². The van der Waals surface area contributed by atoms with E-state index in [0.717, 1.165) is 6.42 Å². The fourth-order valence-corrected chi connectivity index (χ4v) is 3.26. The highest BCUT2D eigenvalue weighted by atomic mass is 32.2. The molecule has 1 heterocycles. The Morgan fingerprint density at radius 2 is 1.94 bits per heavy atom. The number of rotatable bonds is 5. The Labute approximate surface area is 107 Å². The van der Waals surface area contributed by atoms with Crippen LogP contribution in [0.5, 0.6) is 0 Å². The van der Waals surface area contributed by atoms with E-state index >= 15 is 0 Å². The standard InChI is InChI=1S/C12H16N2O3S/c15-9-5-1-4-8-14-10-13-11-6-2-3-7-12(11)18(14,16)17/h2-3,6-7,10,15H,1,4-5,8-9H2. The van der Waals surface area contributed by atoms with Crippen LogP contribution in [0.2, 0.25) is 0 Å². The van der Waals surface area contributed by atoms with E-state index in [1.54, 1.807) is 24.3 Å². The van der Waals surface area contributed by atoms with Crippen molar-refractivity contribution < 1.29 is 13.5 Å². The van der Waals surface area contributed by atoms with E-state index in [9.17, 15) is 8.42 Å². The molecule has 0 unspecified atom stereocenters. The molecule has 0 fully saturated rings. The molecule has 98 valence electrons. The molecule has 0 saturated carbocycles. The maximum Gasteiger partial charge on any atom is 0.267 e. The van der Waals surface area contributed by atoms with Gasteiger partial charge in [0.1, 0.15) is 11.2 Å². The van der Waals surface area contributed by atoms with E-state index in [0.29, 0.717) is 25.1 Å². The van der Waals surface area contributed by atoms with Crippen LogP contribution in [0.15, 0.2) is 34.2 Å². The number of aliphatic hydroxyl groups excluding tert-OH is 1. The summed E-state index contributed by atoms with van der Waals surface area (Å²) in [5, 5.41) is 8.68. The number of hydrogen-bond donors (Lipinski definition) is 1. The summed E-state index contributed by atoms with van der Waals surface area (Å²) in [4.78, 5) is 4.40. The molecule has 0 aromatic heterocycles. The number of fused-ring (bicyclic) bond motifs is 1. The summed E-state index contributed by atoms with van der Waals surface area (Å²) in [6, 6.07) is 6.72. The largest absolute Gasteiger partial charge is 0.396 e. The number of hydrogen-bond acceptors (Lipinski definition) is 4. The van der Waals surface area contributed by atoms with Gasteiger partial charge >= 0.3 is 0 Å². The zero-order valence-corrected chi connectivity index (χ0v) is 10.8. The fourth-order valence-electron chi connectivity index (χ4n) is 1.83. The lowest BCUT2D eigenvalue weighted by atomic mass is 10.2. The lowest BCUT2D eigenvalue weighted by molar-refractivity contribution is 0.282. The van der Waals surface area contributed by atoms with E-state index < -0.39 is 10.0 Å². The summed E-state index contributed by atoms with van der Waals surface area (Å²) in [6.07, 6.45) is 3.59. The Morgan fingerprint density at radius 1 is 1.17 bits per heavy atom. The van der Waals surface area contributed by atoms with Gasteiger partial charge in [-0.15, -0.1) is 0 Å². The van der Waals surface area contributed by atoms with Gasteiger partial charge in [0.15, 0.2) is 0 Å². The predicted octanol–water partition coefficient (Wildman–Crippen LogP) is 1.51. The molecule has 0 radical (unpaired) electrons. The number of aliphatic hydroxyl groups is 1. The van der Waals surface area contributed by atoms with Gasteiger partial charge in [0.25, 0.3) is 10.0 Å². The minimum absolute atomic E-state index is 0.143. The maximum absolute atomic E-state index is 12.3. The van der Waals surface area contributed by atoms with Gasteiger partial charge in [0.05, 0.1) is 5.69 Å². The van der Waals surface area contributed by atoms with Gasteiger partial charge in [0.2, 0.25) is 0 Å². The van der Waals surface area contributed by atoms with Crippen LogP contribution in [0, 0.1) is 0 Å². The van der Waals surface area contributed by atoms with Crippen molar-refractivity contribution in [2.24, 2.45) is 4.99 Å². The highest BCUT2D eigenvalue weighted by molar-refractivity contribution is 7.89. The van der Waals surface area contributed by atoms with Crippen LogP contribution in [0.25, 0.3) is 0 Å². The smallest absolute Gasteiger partial charge is 0.267 e. The quantitative estimate of drug-likeness (QED) is 0.823. The Bertz CT molecular complexity index is 540. The van der Waals surface area contributed by atoms with Crippen molar-refractivity contribution in [2.75, 3.05) is 13.2 Å². The van der Waals surface area contributed by atoms with Crippen LogP contribution >= 0.6 is 0 Å². The third-order valence-electron chi connectivity index (χ3n) is 2.81. The van der Waals surface area contributed by atoms with Crippen LogP contribution in [-0.4, -0.2) is 37.3 Å². The molecule has 2 rings (SSSR count). The summed E-state index contributed by atoms with van der Waals surface area (Å²) in [5.74, 6) is 0. The Morgan fingerprint density at radius 3 is 2.72 bits per heavy atom. The number of benzene rings is 1. The molecule has 1 aromatic carbocycles. The van der Waals surface area contributed by atoms with E-state index in [1.165, 1.54) is 10.6 Å². The van der Waals surface area contributed by atoms with Crippen molar-refractivity contribution in [2.45, 2.75) is 24.2 Å². The molecule has 1 N–H and O–H groups in total. The molecule has 0 amide bonds. The summed E-state index contributed by atoms with van der Waals surface area (Å²) in [5.41, 5.74) is 0.490. The van der Waals surface area contributed by atoms with Crippen molar-refractivity contribution in [3.05, 3.63) is 24.3 Å². The van der Waals surface area contributed by atoms with Crippen molar-refractivity contribution in [3.63, 3.8) is 0 Å². The van der Waals surface area contributed by atoms with E-state index in [4.69, 9.17) is 5.11 Å². The summed E-state index contributed by atoms with van der Waals surface area (Å²) in [7, 11) is -3.45. The number of sulfonamides is 1. The molecule has 0 aliphatic carbocycles. The highest BCUT2D eigenvalue weighted by Gasteiger charge is 2.27. The van der Waals surface area contributed by atoms with Crippen molar-refractivity contribution in [3.8, 4) is 0 Å². The number of unbranched alkanes of at least 4 members (excludes halogenated alkanes) is 2. The number of aliphatic imine (C=N–C) groups is 1. The van der Waals surface area contributed by atoms with E-state index in [1.807, 2.05) is 0 Å². The van der Waals surface area contributed by atoms with E-state index in [2.05, 4.69) is 4.99 Å². The topological polar surface area (TPSA) is 70.0 Å². The molecule has 0 spiro atoms. The minimum atomic E-state index is -3.45. The fraction of sp³-hybridized carbons (Fsp3) is 0.417. The average Bonchev–Trinajstić information content (AvgIpc) is 2.37. The minimum Gasteiger partial charge on any atom is -0.396 e. The molecule has 0 bridgehead atoms. The third kappa shape index (κ3) is 2.54. The Kier molecular flexibility index (Phi) is 3.98. The van der Waals surface area contributed by atoms with Crippen molar-refractivity contribution in [1.82, 2.24) is 4.31 Å². The molecule has 1 aliphatic rings. The monoisotopic (exact) mass is 268 g/mol. The van der Waals surface area contributed by atoms with Crippen molar-refractivity contribution >= 4 is 22.0 Å². The normalized spacial score (nSPS) is 16.6. The SMILES string of the molecule is O=S1(=O)c2ccccc2N=CN1CCCCCO. The van der Waals surface area contributed by atoms with E-state index in [-0.39, 0.29) is 11.5 Å². The lowest BCUT2D eigenvalue weighted by Gasteiger charge is -2.23. The number of nitrogens with zero attached hydrogens (tertiary/aromatic N) is 2. The maximum atomic E-state index is 12.3. The second-order valence-electron chi connectivity index (χ2n) is 4.11. The highest BCUT2D eigenvalue weighted by Crippen LogP contribution is 2.29. The van der Waals surface area contributed by atoms with Crippen LogP contribution in [0.4, 0.5) is 5.69 Å². The third-order valence-corrected chi connectivity index (χ3v) is 4.61. The summed E-state index contributed by atoms with van der Waals surface area (Å²) >= 11 is 0. The second-order valence-corrected chi connectivity index (χ2v) is 5.97. The molecular formula is C12H16N2O3S. The Hall–Kier alpha value is -1.40. The first-order valence-corrected chi connectivity index (χ1v) is 7.36. The lowest BCUT2D eigenvalue weighted by Crippen LogP contribution is -2.32. The van der Waals surface area contributed by atoms with Crippen molar-refractivity contribution in [1.29, 1.82) is 0 Å². The molecule has 6 heteroatoms. The first kappa shape index (κ1) is 13.0. The van der Waals surface area contributed by atoms with Crippen LogP contribution in [0.3, 0.4) is 0 Å². The van der Waals surface area contributed by atoms with Crippen LogP contribution in [0.1, 0.15) is 19.3 Å². The van der Waals surface area contributed by atoms with Gasteiger partial charge in [-0.2, -0.15) is 0 Å². The molecule has 0 atom stereocenters. The second kappa shape index (κ2) is 5.49. The molecule has 0 saturated heterocycles. The molecular weight excluding hydrogens is 252 g/mol. The van der Waals surface area contributed by atoms with Gasteiger partial charge in [-0.25, -0.2) is 13.4 Å². The van der Waals surface area contributed by atoms with Gasteiger partial charge in [-0.05, 0) is 31.4 Å². The molecule has 1 aromatic rings. The van der Waals surface area contributed by atoms with Gasteiger partial charge in [-0.1, -0.05) is 12.1 Å². The van der Waals surface area contributed by atoms with Gasteiger partial charge < -0.3 is 5.11 Å². The van der Waals surface area contributed by atoms with Crippen LogP contribution in [-0.2, 0) is 10.0 Å². The number of para-hydroxylation sites is 1. The zero-order valence-electron chi connectivity index (χ0n) is 9.99. The molecule has 5 nitrogen and oxygen atoms in total. The zero-order chi connectivity index (χ0) is 13.0. The summed E-state index contributed by atoms with van der Waals surface area (Å²) < 4.78 is 25.8.